The van der Waals surface area contributed by atoms with E-state index in [0.717, 1.165) is 31.7 Å². The predicted molar refractivity (Wildman–Crippen MR) is 88.4 cm³/mol. The molecular formula is C16H19N3O2S. The summed E-state index contributed by atoms with van der Waals surface area (Å²) < 4.78 is 0. The van der Waals surface area contributed by atoms with Crippen molar-refractivity contribution in [3.05, 3.63) is 61.8 Å². The van der Waals surface area contributed by atoms with Crippen LogP contribution in [0, 0.1) is 17.0 Å². The molecule has 2 aromatic rings. The van der Waals surface area contributed by atoms with Crippen molar-refractivity contribution in [3.63, 3.8) is 0 Å². The van der Waals surface area contributed by atoms with Crippen LogP contribution < -0.4 is 5.32 Å². The Morgan fingerprint density at radius 2 is 2.09 bits per heavy atom. The smallest absolute Gasteiger partial charge is 0.272 e. The molecule has 1 aromatic carbocycles. The second-order valence-electron chi connectivity index (χ2n) is 5.51. The van der Waals surface area contributed by atoms with Crippen LogP contribution in [0.5, 0.6) is 0 Å². The highest BCUT2D eigenvalue weighted by atomic mass is 32.1. The summed E-state index contributed by atoms with van der Waals surface area (Å²) in [5.41, 5.74) is 1.91. The number of hydrogen-bond acceptors (Lipinski definition) is 5. The van der Waals surface area contributed by atoms with Gasteiger partial charge >= 0.3 is 0 Å². The Labute approximate surface area is 133 Å². The van der Waals surface area contributed by atoms with E-state index in [-0.39, 0.29) is 16.7 Å². The quantitative estimate of drug-likeness (QED) is 0.696. The van der Waals surface area contributed by atoms with Crippen LogP contribution in [-0.4, -0.2) is 36.0 Å². The number of thiophene rings is 1. The maximum atomic E-state index is 11.2. The Kier molecular flexibility index (Phi) is 4.52. The van der Waals surface area contributed by atoms with Crippen molar-refractivity contribution in [1.29, 1.82) is 0 Å². The van der Waals surface area contributed by atoms with E-state index in [9.17, 15) is 10.1 Å². The number of rotatable bonds is 4. The van der Waals surface area contributed by atoms with Crippen LogP contribution in [0.3, 0.4) is 0 Å². The van der Waals surface area contributed by atoms with Gasteiger partial charge in [0.1, 0.15) is 0 Å². The zero-order valence-electron chi connectivity index (χ0n) is 12.5. The SMILES string of the molecule is Cc1ccc([C@@H](c2cccs2)N2CCNCC2)cc1[N+](=O)[O-]. The van der Waals surface area contributed by atoms with Gasteiger partial charge in [-0.3, -0.25) is 15.0 Å². The summed E-state index contributed by atoms with van der Waals surface area (Å²) in [6.07, 6.45) is 0. The van der Waals surface area contributed by atoms with Gasteiger partial charge in [-0.15, -0.1) is 11.3 Å². The Balaban J connectivity index is 2.02. The van der Waals surface area contributed by atoms with Crippen molar-refractivity contribution in [2.24, 2.45) is 0 Å². The summed E-state index contributed by atoms with van der Waals surface area (Å²) in [5.74, 6) is 0. The zero-order chi connectivity index (χ0) is 15.5. The molecule has 1 fully saturated rings. The number of nitrogens with zero attached hydrogens (tertiary/aromatic N) is 2. The third-order valence-electron chi connectivity index (χ3n) is 4.08. The van der Waals surface area contributed by atoms with Crippen LogP contribution >= 0.6 is 11.3 Å². The van der Waals surface area contributed by atoms with Crippen LogP contribution in [0.1, 0.15) is 22.0 Å². The number of nitro groups is 1. The fraction of sp³-hybridized carbons (Fsp3) is 0.375. The molecule has 3 rings (SSSR count). The minimum absolute atomic E-state index is 0.0985. The Hall–Kier alpha value is -1.76. The molecule has 0 unspecified atom stereocenters. The minimum atomic E-state index is -0.290. The first kappa shape index (κ1) is 15.1. The molecule has 0 aliphatic carbocycles. The average molecular weight is 317 g/mol. The Bertz CT molecular complexity index is 651. The van der Waals surface area contributed by atoms with E-state index in [0.29, 0.717) is 5.56 Å². The third kappa shape index (κ3) is 3.04. The molecule has 22 heavy (non-hydrogen) atoms. The summed E-state index contributed by atoms with van der Waals surface area (Å²) in [5, 5.41) is 16.7. The topological polar surface area (TPSA) is 58.4 Å². The van der Waals surface area contributed by atoms with E-state index in [2.05, 4.69) is 21.7 Å². The van der Waals surface area contributed by atoms with Crippen LogP contribution in [0.2, 0.25) is 0 Å². The number of nitro benzene ring substituents is 1. The van der Waals surface area contributed by atoms with Crippen molar-refractivity contribution in [2.75, 3.05) is 26.2 Å². The van der Waals surface area contributed by atoms with Gasteiger partial charge in [-0.2, -0.15) is 0 Å². The highest BCUT2D eigenvalue weighted by Gasteiger charge is 2.26. The Morgan fingerprint density at radius 1 is 1.32 bits per heavy atom. The van der Waals surface area contributed by atoms with E-state index in [1.54, 1.807) is 24.3 Å². The molecular weight excluding hydrogens is 298 g/mol. The molecule has 0 spiro atoms. The third-order valence-corrected chi connectivity index (χ3v) is 5.00. The molecule has 1 atom stereocenters. The van der Waals surface area contributed by atoms with Gasteiger partial charge in [0.25, 0.3) is 5.69 Å². The summed E-state index contributed by atoms with van der Waals surface area (Å²) in [6.45, 7) is 5.59. The van der Waals surface area contributed by atoms with Gasteiger partial charge in [-0.1, -0.05) is 18.2 Å². The second kappa shape index (κ2) is 6.56. The number of hydrogen-bond donors (Lipinski definition) is 1. The van der Waals surface area contributed by atoms with Gasteiger partial charge in [0.15, 0.2) is 0 Å². The van der Waals surface area contributed by atoms with Gasteiger partial charge in [-0.05, 0) is 23.9 Å². The Morgan fingerprint density at radius 3 is 2.73 bits per heavy atom. The van der Waals surface area contributed by atoms with E-state index in [4.69, 9.17) is 0 Å². The van der Waals surface area contributed by atoms with Gasteiger partial charge in [-0.25, -0.2) is 0 Å². The molecule has 0 saturated carbocycles. The van der Waals surface area contributed by atoms with Crippen LogP contribution in [0.4, 0.5) is 5.69 Å². The van der Waals surface area contributed by atoms with Crippen molar-refractivity contribution in [2.45, 2.75) is 13.0 Å². The molecule has 0 bridgehead atoms. The zero-order valence-corrected chi connectivity index (χ0v) is 13.3. The lowest BCUT2D eigenvalue weighted by Crippen LogP contribution is -2.45. The summed E-state index contributed by atoms with van der Waals surface area (Å²) in [7, 11) is 0. The average Bonchev–Trinajstić information content (AvgIpc) is 3.04. The van der Waals surface area contributed by atoms with Crippen LogP contribution in [0.15, 0.2) is 35.7 Å². The molecule has 1 N–H and O–H groups in total. The molecule has 6 heteroatoms. The lowest BCUT2D eigenvalue weighted by Gasteiger charge is -2.34. The van der Waals surface area contributed by atoms with Gasteiger partial charge in [0, 0.05) is 42.7 Å². The molecule has 5 nitrogen and oxygen atoms in total. The van der Waals surface area contributed by atoms with Crippen molar-refractivity contribution >= 4 is 17.0 Å². The first-order chi connectivity index (χ1) is 10.7. The molecule has 0 radical (unpaired) electrons. The van der Waals surface area contributed by atoms with Crippen LogP contribution in [0.25, 0.3) is 0 Å². The molecule has 1 aliphatic heterocycles. The summed E-state index contributed by atoms with van der Waals surface area (Å²) >= 11 is 1.71. The normalized spacial score (nSPS) is 17.3. The fourth-order valence-corrected chi connectivity index (χ4v) is 3.82. The minimum Gasteiger partial charge on any atom is -0.314 e. The van der Waals surface area contributed by atoms with Gasteiger partial charge in [0.2, 0.25) is 0 Å². The van der Waals surface area contributed by atoms with E-state index < -0.39 is 0 Å². The first-order valence-corrected chi connectivity index (χ1v) is 8.28. The maximum Gasteiger partial charge on any atom is 0.272 e. The fourth-order valence-electron chi connectivity index (χ4n) is 2.94. The maximum absolute atomic E-state index is 11.2. The highest BCUT2D eigenvalue weighted by Crippen LogP contribution is 2.34. The highest BCUT2D eigenvalue weighted by molar-refractivity contribution is 7.10. The van der Waals surface area contributed by atoms with Gasteiger partial charge < -0.3 is 5.32 Å². The molecule has 1 aromatic heterocycles. The standard InChI is InChI=1S/C16H19N3O2S/c1-12-4-5-13(11-14(12)19(20)21)16(15-3-2-10-22-15)18-8-6-17-7-9-18/h2-5,10-11,16-17H,6-9H2,1H3/t16-/m0/s1. The van der Waals surface area contributed by atoms with E-state index in [1.165, 1.54) is 4.88 Å². The molecule has 1 saturated heterocycles. The lowest BCUT2D eigenvalue weighted by atomic mass is 10.00. The monoisotopic (exact) mass is 317 g/mol. The van der Waals surface area contributed by atoms with Crippen molar-refractivity contribution < 1.29 is 4.92 Å². The second-order valence-corrected chi connectivity index (χ2v) is 6.49. The van der Waals surface area contributed by atoms with E-state index >= 15 is 0 Å². The number of aryl methyl sites for hydroxylation is 1. The summed E-state index contributed by atoms with van der Waals surface area (Å²) in [6, 6.07) is 9.87. The number of piperazine rings is 1. The first-order valence-electron chi connectivity index (χ1n) is 7.40. The van der Waals surface area contributed by atoms with E-state index in [1.807, 2.05) is 18.2 Å². The number of benzene rings is 1. The van der Waals surface area contributed by atoms with Gasteiger partial charge in [0.05, 0.1) is 11.0 Å². The van der Waals surface area contributed by atoms with Crippen molar-refractivity contribution in [1.82, 2.24) is 10.2 Å². The van der Waals surface area contributed by atoms with Crippen LogP contribution in [-0.2, 0) is 0 Å². The van der Waals surface area contributed by atoms with Crippen molar-refractivity contribution in [3.8, 4) is 0 Å². The predicted octanol–water partition coefficient (Wildman–Crippen LogP) is 2.96. The molecule has 116 valence electrons. The number of nitrogens with one attached hydrogen (secondary N) is 1. The molecule has 1 aliphatic rings. The molecule has 0 amide bonds. The lowest BCUT2D eigenvalue weighted by molar-refractivity contribution is -0.385. The summed E-state index contributed by atoms with van der Waals surface area (Å²) in [4.78, 5) is 14.6. The largest absolute Gasteiger partial charge is 0.314 e. The molecule has 2 heterocycles.